The second-order valence-electron chi connectivity index (χ2n) is 7.13. The first-order valence-electron chi connectivity index (χ1n) is 9.83. The van der Waals surface area contributed by atoms with Crippen molar-refractivity contribution in [3.63, 3.8) is 0 Å². The number of nitrogens with two attached hydrogens (primary N) is 1. The summed E-state index contributed by atoms with van der Waals surface area (Å²) in [5.41, 5.74) is 8.50. The number of fused-ring (bicyclic) bond motifs is 1. The molecule has 0 fully saturated rings. The summed E-state index contributed by atoms with van der Waals surface area (Å²) in [5.74, 6) is 0.265. The summed E-state index contributed by atoms with van der Waals surface area (Å²) in [4.78, 5) is 17.2. The van der Waals surface area contributed by atoms with Crippen LogP contribution in [0.2, 0.25) is 0 Å². The monoisotopic (exact) mass is 426 g/mol. The number of hydrogen-bond acceptors (Lipinski definition) is 8. The van der Waals surface area contributed by atoms with Crippen molar-refractivity contribution in [3.8, 4) is 17.4 Å². The summed E-state index contributed by atoms with van der Waals surface area (Å²) in [5, 5.41) is 9.35. The number of allylic oxidation sites excluding steroid dienone is 3. The third-order valence-electron chi connectivity index (χ3n) is 4.92. The zero-order valence-corrected chi connectivity index (χ0v) is 17.0. The summed E-state index contributed by atoms with van der Waals surface area (Å²) in [6.07, 6.45) is 9.39. The lowest BCUT2D eigenvalue weighted by Gasteiger charge is -2.16. The van der Waals surface area contributed by atoms with E-state index in [9.17, 15) is 9.50 Å². The number of anilines is 1. The predicted octanol–water partition coefficient (Wildman–Crippen LogP) is 2.13. The molecular formula is C21H23FN6O3. The number of halogens is 1. The molecule has 1 atom stereocenters. The molecule has 0 amide bonds. The van der Waals surface area contributed by atoms with E-state index in [1.165, 1.54) is 12.3 Å². The van der Waals surface area contributed by atoms with Crippen molar-refractivity contribution in [2.24, 2.45) is 5.92 Å². The summed E-state index contributed by atoms with van der Waals surface area (Å²) in [6.45, 7) is 1.17. The number of aromatic nitrogens is 5. The first-order chi connectivity index (χ1) is 15.1. The van der Waals surface area contributed by atoms with Crippen molar-refractivity contribution in [3.05, 3.63) is 48.1 Å². The molecule has 0 radical (unpaired) electrons. The van der Waals surface area contributed by atoms with Gasteiger partial charge >= 0.3 is 6.01 Å². The Kier molecular flexibility index (Phi) is 6.19. The molecule has 4 rings (SSSR count). The fourth-order valence-electron chi connectivity index (χ4n) is 3.33. The van der Waals surface area contributed by atoms with Crippen LogP contribution in [0.3, 0.4) is 0 Å². The Hall–Kier alpha value is -3.37. The quantitative estimate of drug-likeness (QED) is 0.526. The molecule has 0 saturated carbocycles. The van der Waals surface area contributed by atoms with Gasteiger partial charge in [0, 0.05) is 31.4 Å². The zero-order chi connectivity index (χ0) is 21.8. The highest BCUT2D eigenvalue weighted by atomic mass is 19.1. The van der Waals surface area contributed by atoms with Crippen LogP contribution in [0.25, 0.3) is 22.6 Å². The van der Waals surface area contributed by atoms with Gasteiger partial charge < -0.3 is 24.9 Å². The van der Waals surface area contributed by atoms with Crippen LogP contribution < -0.4 is 10.5 Å². The molecule has 0 saturated heterocycles. The molecule has 3 aromatic rings. The lowest BCUT2D eigenvalue weighted by Crippen LogP contribution is -2.11. The minimum atomic E-state index is -0.471. The Morgan fingerprint density at radius 1 is 1.26 bits per heavy atom. The maximum atomic E-state index is 13.9. The highest BCUT2D eigenvalue weighted by Gasteiger charge is 2.20. The molecule has 0 spiro atoms. The van der Waals surface area contributed by atoms with E-state index in [-0.39, 0.29) is 31.0 Å². The molecule has 3 aromatic heterocycles. The number of aliphatic hydroxyl groups excluding tert-OH is 1. The first-order valence-corrected chi connectivity index (χ1v) is 9.83. The first kappa shape index (κ1) is 20.9. The molecule has 1 unspecified atom stereocenters. The molecule has 3 N–H and O–H groups in total. The highest BCUT2D eigenvalue weighted by Crippen LogP contribution is 2.29. The van der Waals surface area contributed by atoms with E-state index in [4.69, 9.17) is 15.2 Å². The number of methoxy groups -OCH3 is 1. The molecular weight excluding hydrogens is 403 g/mol. The van der Waals surface area contributed by atoms with Gasteiger partial charge in [-0.2, -0.15) is 9.97 Å². The van der Waals surface area contributed by atoms with E-state index in [2.05, 4.69) is 26.0 Å². The number of nitrogens with zero attached hydrogens (tertiary/aromatic N) is 5. The Balaban J connectivity index is 1.79. The van der Waals surface area contributed by atoms with Crippen molar-refractivity contribution in [1.29, 1.82) is 0 Å². The number of rotatable bonds is 8. The Bertz CT molecular complexity index is 1140. The van der Waals surface area contributed by atoms with Gasteiger partial charge in [-0.05, 0) is 18.1 Å². The van der Waals surface area contributed by atoms with Crippen molar-refractivity contribution < 1.29 is 19.0 Å². The third-order valence-corrected chi connectivity index (χ3v) is 4.92. The maximum absolute atomic E-state index is 13.9. The number of hydrogen-bond donors (Lipinski definition) is 2. The van der Waals surface area contributed by atoms with Gasteiger partial charge in [0.1, 0.15) is 18.2 Å². The summed E-state index contributed by atoms with van der Waals surface area (Å²) in [6, 6.07) is 1.47. The molecule has 1 aliphatic rings. The average molecular weight is 426 g/mol. The van der Waals surface area contributed by atoms with Crippen LogP contribution in [0.5, 0.6) is 6.01 Å². The number of ether oxygens (including phenoxy) is 2. The Morgan fingerprint density at radius 2 is 2.13 bits per heavy atom. The van der Waals surface area contributed by atoms with E-state index < -0.39 is 5.82 Å². The van der Waals surface area contributed by atoms with E-state index in [1.54, 1.807) is 7.11 Å². The Labute approximate surface area is 178 Å². The SMILES string of the molecule is COCCOc1nc(N)c2nc(-c3cncc(F)c3)n(CC3=CCC(CO)C=C3)c2n1. The number of imidazole rings is 1. The number of aliphatic hydroxyl groups is 1. The molecule has 1 aliphatic carbocycles. The van der Waals surface area contributed by atoms with Crippen molar-refractivity contribution in [1.82, 2.24) is 24.5 Å². The summed E-state index contributed by atoms with van der Waals surface area (Å²) >= 11 is 0. The number of pyridine rings is 1. The van der Waals surface area contributed by atoms with E-state index in [0.29, 0.717) is 35.7 Å². The molecule has 3 heterocycles. The minimum absolute atomic E-state index is 0.0976. The summed E-state index contributed by atoms with van der Waals surface area (Å²) < 4.78 is 26.2. The van der Waals surface area contributed by atoms with Gasteiger partial charge in [0.15, 0.2) is 17.0 Å². The van der Waals surface area contributed by atoms with Crippen LogP contribution in [0, 0.1) is 11.7 Å². The third kappa shape index (κ3) is 4.54. The van der Waals surface area contributed by atoms with Crippen molar-refractivity contribution in [2.45, 2.75) is 13.0 Å². The lowest BCUT2D eigenvalue weighted by atomic mass is 9.97. The van der Waals surface area contributed by atoms with Gasteiger partial charge in [0.2, 0.25) is 0 Å². The minimum Gasteiger partial charge on any atom is -0.461 e. The predicted molar refractivity (Wildman–Crippen MR) is 113 cm³/mol. The fraction of sp³-hybridized carbons (Fsp3) is 0.333. The van der Waals surface area contributed by atoms with Gasteiger partial charge in [-0.1, -0.05) is 18.2 Å². The number of nitrogen functional groups attached to an aromatic ring is 1. The second-order valence-corrected chi connectivity index (χ2v) is 7.13. The van der Waals surface area contributed by atoms with Gasteiger partial charge in [-0.25, -0.2) is 9.37 Å². The molecule has 0 bridgehead atoms. The van der Waals surface area contributed by atoms with Crippen LogP contribution in [0.1, 0.15) is 6.42 Å². The van der Waals surface area contributed by atoms with Gasteiger partial charge in [0.05, 0.1) is 19.3 Å². The molecule has 9 nitrogen and oxygen atoms in total. The van der Waals surface area contributed by atoms with E-state index >= 15 is 0 Å². The standard InChI is InChI=1S/C21H23FN6O3/c1-30-6-7-31-21-26-18(23)17-20(27-21)28(11-13-2-4-14(12-29)5-3-13)19(25-17)15-8-16(22)10-24-9-15/h2-4,8-10,14,29H,5-7,11-12H2,1H3,(H2,23,26,27). The van der Waals surface area contributed by atoms with Crippen molar-refractivity contribution >= 4 is 17.0 Å². The van der Waals surface area contributed by atoms with Gasteiger partial charge in [-0.3, -0.25) is 4.98 Å². The van der Waals surface area contributed by atoms with Gasteiger partial charge in [-0.15, -0.1) is 0 Å². The van der Waals surface area contributed by atoms with Crippen LogP contribution in [-0.4, -0.2) is 56.5 Å². The average Bonchev–Trinajstić information content (AvgIpc) is 3.13. The van der Waals surface area contributed by atoms with Crippen LogP contribution in [0.15, 0.2) is 42.3 Å². The maximum Gasteiger partial charge on any atom is 0.320 e. The fourth-order valence-corrected chi connectivity index (χ4v) is 3.33. The summed E-state index contributed by atoms with van der Waals surface area (Å²) in [7, 11) is 1.57. The van der Waals surface area contributed by atoms with E-state index in [1.807, 2.05) is 16.7 Å². The van der Waals surface area contributed by atoms with Crippen LogP contribution in [0.4, 0.5) is 10.2 Å². The highest BCUT2D eigenvalue weighted by molar-refractivity contribution is 5.86. The second kappa shape index (κ2) is 9.19. The normalized spacial score (nSPS) is 16.0. The molecule has 10 heteroatoms. The van der Waals surface area contributed by atoms with Crippen LogP contribution in [-0.2, 0) is 11.3 Å². The zero-order valence-electron chi connectivity index (χ0n) is 17.0. The van der Waals surface area contributed by atoms with E-state index in [0.717, 1.165) is 18.2 Å². The molecule has 0 aliphatic heterocycles. The topological polar surface area (TPSA) is 121 Å². The van der Waals surface area contributed by atoms with Crippen molar-refractivity contribution in [2.75, 3.05) is 32.7 Å². The largest absolute Gasteiger partial charge is 0.461 e. The van der Waals surface area contributed by atoms with Crippen LogP contribution >= 0.6 is 0 Å². The Morgan fingerprint density at radius 3 is 2.84 bits per heavy atom. The molecule has 162 valence electrons. The van der Waals surface area contributed by atoms with Gasteiger partial charge in [0.25, 0.3) is 0 Å². The molecule has 31 heavy (non-hydrogen) atoms. The smallest absolute Gasteiger partial charge is 0.320 e. The lowest BCUT2D eigenvalue weighted by molar-refractivity contribution is 0.141. The molecule has 0 aromatic carbocycles.